The molecule has 2 rings (SSSR count). The Morgan fingerprint density at radius 3 is 2.57 bits per heavy atom. The van der Waals surface area contributed by atoms with Crippen LogP contribution in [0.4, 0.5) is 11.5 Å². The lowest BCUT2D eigenvalue weighted by atomic mass is 10.2. The first-order chi connectivity index (χ1) is 10.0. The van der Waals surface area contributed by atoms with Crippen LogP contribution in [-0.4, -0.2) is 22.4 Å². The number of hydrogen-bond acceptors (Lipinski definition) is 4. The van der Waals surface area contributed by atoms with Gasteiger partial charge in [0.05, 0.1) is 0 Å². The number of nitrogens with one attached hydrogen (secondary N) is 2. The summed E-state index contributed by atoms with van der Waals surface area (Å²) in [4.78, 5) is 20.3. The number of nitrogens with zero attached hydrogens (tertiary/aromatic N) is 2. The van der Waals surface area contributed by atoms with Crippen molar-refractivity contribution >= 4 is 17.4 Å². The highest BCUT2D eigenvalue weighted by Crippen LogP contribution is 2.11. The Hall–Kier alpha value is -2.43. The molecule has 0 aliphatic carbocycles. The van der Waals surface area contributed by atoms with E-state index in [1.807, 2.05) is 31.2 Å². The topological polar surface area (TPSA) is 66.9 Å². The van der Waals surface area contributed by atoms with Crippen LogP contribution in [0.2, 0.25) is 0 Å². The van der Waals surface area contributed by atoms with Crippen LogP contribution in [0.5, 0.6) is 0 Å². The first-order valence-corrected chi connectivity index (χ1v) is 6.98. The lowest BCUT2D eigenvalue weighted by Gasteiger charge is -2.09. The summed E-state index contributed by atoms with van der Waals surface area (Å²) in [6.45, 7) is 7.02. The second-order valence-corrected chi connectivity index (χ2v) is 5.38. The van der Waals surface area contributed by atoms with Gasteiger partial charge in [0.25, 0.3) is 5.91 Å². The van der Waals surface area contributed by atoms with E-state index in [0.29, 0.717) is 17.4 Å². The number of amides is 1. The molecule has 1 amide bonds. The molecule has 1 aromatic heterocycles. The van der Waals surface area contributed by atoms with Gasteiger partial charge in [0, 0.05) is 18.3 Å². The first-order valence-electron chi connectivity index (χ1n) is 6.98. The molecule has 0 aliphatic heterocycles. The summed E-state index contributed by atoms with van der Waals surface area (Å²) in [5.74, 6) is 0.923. The molecule has 1 heterocycles. The molecule has 2 aromatic rings. The molecule has 21 heavy (non-hydrogen) atoms. The molecule has 0 fully saturated rings. The van der Waals surface area contributed by atoms with Crippen LogP contribution in [-0.2, 0) is 0 Å². The van der Waals surface area contributed by atoms with Gasteiger partial charge in [0.15, 0.2) is 0 Å². The highest BCUT2D eigenvalue weighted by Gasteiger charge is 2.09. The zero-order valence-electron chi connectivity index (χ0n) is 12.6. The number of rotatable bonds is 5. The summed E-state index contributed by atoms with van der Waals surface area (Å²) in [5, 5.41) is 6.00. The number of benzene rings is 1. The van der Waals surface area contributed by atoms with E-state index in [1.54, 1.807) is 6.07 Å². The molecule has 0 unspecified atom stereocenters. The van der Waals surface area contributed by atoms with Gasteiger partial charge in [-0.25, -0.2) is 9.97 Å². The average Bonchev–Trinajstić information content (AvgIpc) is 2.48. The summed E-state index contributed by atoms with van der Waals surface area (Å²) >= 11 is 0. The highest BCUT2D eigenvalue weighted by molar-refractivity contribution is 6.03. The Morgan fingerprint density at radius 1 is 1.19 bits per heavy atom. The van der Waals surface area contributed by atoms with Crippen molar-refractivity contribution in [3.05, 3.63) is 47.9 Å². The van der Waals surface area contributed by atoms with E-state index in [1.165, 1.54) is 6.33 Å². The Balaban J connectivity index is 2.05. The molecule has 110 valence electrons. The summed E-state index contributed by atoms with van der Waals surface area (Å²) < 4.78 is 0. The first kappa shape index (κ1) is 15.0. The van der Waals surface area contributed by atoms with Gasteiger partial charge in [-0.1, -0.05) is 31.5 Å². The van der Waals surface area contributed by atoms with E-state index >= 15 is 0 Å². The fraction of sp³-hybridized carbons (Fsp3) is 0.312. The summed E-state index contributed by atoms with van der Waals surface area (Å²) in [5.41, 5.74) is 2.24. The van der Waals surface area contributed by atoms with Crippen molar-refractivity contribution in [2.75, 3.05) is 17.2 Å². The summed E-state index contributed by atoms with van der Waals surface area (Å²) in [6.07, 6.45) is 1.40. The van der Waals surface area contributed by atoms with Crippen molar-refractivity contribution < 1.29 is 4.79 Å². The lowest BCUT2D eigenvalue weighted by Crippen LogP contribution is -2.15. The molecular formula is C16H20N4O. The SMILES string of the molecule is Cc1ccc(NC(=O)c2cc(NCC(C)C)ncn2)cc1. The summed E-state index contributed by atoms with van der Waals surface area (Å²) in [6, 6.07) is 9.29. The molecule has 5 nitrogen and oxygen atoms in total. The quantitative estimate of drug-likeness (QED) is 0.885. The van der Waals surface area contributed by atoms with Crippen molar-refractivity contribution in [1.82, 2.24) is 9.97 Å². The molecule has 0 atom stereocenters. The van der Waals surface area contributed by atoms with Crippen LogP contribution in [0.15, 0.2) is 36.7 Å². The zero-order valence-corrected chi connectivity index (χ0v) is 12.6. The maximum Gasteiger partial charge on any atom is 0.274 e. The predicted molar refractivity (Wildman–Crippen MR) is 84.5 cm³/mol. The van der Waals surface area contributed by atoms with Gasteiger partial charge in [-0.3, -0.25) is 4.79 Å². The van der Waals surface area contributed by atoms with Gasteiger partial charge in [-0.2, -0.15) is 0 Å². The van der Waals surface area contributed by atoms with E-state index in [-0.39, 0.29) is 5.91 Å². The fourth-order valence-corrected chi connectivity index (χ4v) is 1.72. The monoisotopic (exact) mass is 284 g/mol. The molecule has 0 radical (unpaired) electrons. The Bertz CT molecular complexity index is 608. The molecule has 1 aromatic carbocycles. The largest absolute Gasteiger partial charge is 0.370 e. The average molecular weight is 284 g/mol. The molecule has 2 N–H and O–H groups in total. The van der Waals surface area contributed by atoms with Gasteiger partial charge >= 0.3 is 0 Å². The van der Waals surface area contributed by atoms with Gasteiger partial charge in [-0.05, 0) is 25.0 Å². The number of carbonyl (C=O) groups is 1. The maximum absolute atomic E-state index is 12.2. The van der Waals surface area contributed by atoms with E-state index in [4.69, 9.17) is 0 Å². The van der Waals surface area contributed by atoms with Crippen LogP contribution in [0, 0.1) is 12.8 Å². The molecule has 0 spiro atoms. The van der Waals surface area contributed by atoms with E-state index < -0.39 is 0 Å². The van der Waals surface area contributed by atoms with Gasteiger partial charge in [0.2, 0.25) is 0 Å². The Labute approximate surface area is 124 Å². The van der Waals surface area contributed by atoms with Crippen molar-refractivity contribution in [3.63, 3.8) is 0 Å². The van der Waals surface area contributed by atoms with Crippen LogP contribution in [0.3, 0.4) is 0 Å². The number of carbonyl (C=O) groups excluding carboxylic acids is 1. The third kappa shape index (κ3) is 4.56. The standard InChI is InChI=1S/C16H20N4O/c1-11(2)9-17-15-8-14(18-10-19-15)16(21)20-13-6-4-12(3)5-7-13/h4-8,10-11H,9H2,1-3H3,(H,20,21)(H,17,18,19). The van der Waals surface area contributed by atoms with Crippen molar-refractivity contribution in [2.24, 2.45) is 5.92 Å². The Kier molecular flexibility index (Phi) is 4.87. The van der Waals surface area contributed by atoms with Gasteiger partial charge in [-0.15, -0.1) is 0 Å². The predicted octanol–water partition coefficient (Wildman–Crippen LogP) is 3.11. The van der Waals surface area contributed by atoms with Crippen LogP contribution < -0.4 is 10.6 Å². The molecular weight excluding hydrogens is 264 g/mol. The lowest BCUT2D eigenvalue weighted by molar-refractivity contribution is 0.102. The van der Waals surface area contributed by atoms with E-state index in [0.717, 1.165) is 17.8 Å². The smallest absolute Gasteiger partial charge is 0.274 e. The van der Waals surface area contributed by atoms with Crippen molar-refractivity contribution in [1.29, 1.82) is 0 Å². The van der Waals surface area contributed by atoms with Crippen LogP contribution >= 0.6 is 0 Å². The van der Waals surface area contributed by atoms with Gasteiger partial charge < -0.3 is 10.6 Å². The maximum atomic E-state index is 12.2. The third-order valence-electron chi connectivity index (χ3n) is 2.90. The minimum atomic E-state index is -0.242. The number of hydrogen-bond donors (Lipinski definition) is 2. The Morgan fingerprint density at radius 2 is 1.90 bits per heavy atom. The molecule has 0 aliphatic rings. The molecule has 5 heteroatoms. The molecule has 0 saturated carbocycles. The highest BCUT2D eigenvalue weighted by atomic mass is 16.1. The van der Waals surface area contributed by atoms with Crippen molar-refractivity contribution in [2.45, 2.75) is 20.8 Å². The zero-order chi connectivity index (χ0) is 15.2. The second kappa shape index (κ2) is 6.83. The minimum Gasteiger partial charge on any atom is -0.370 e. The fourth-order valence-electron chi connectivity index (χ4n) is 1.72. The van der Waals surface area contributed by atoms with E-state index in [9.17, 15) is 4.79 Å². The van der Waals surface area contributed by atoms with Crippen molar-refractivity contribution in [3.8, 4) is 0 Å². The number of aryl methyl sites for hydroxylation is 1. The van der Waals surface area contributed by atoms with Gasteiger partial charge in [0.1, 0.15) is 17.8 Å². The number of aromatic nitrogens is 2. The third-order valence-corrected chi connectivity index (χ3v) is 2.90. The van der Waals surface area contributed by atoms with E-state index in [2.05, 4.69) is 34.4 Å². The summed E-state index contributed by atoms with van der Waals surface area (Å²) in [7, 11) is 0. The molecule has 0 bridgehead atoms. The van der Waals surface area contributed by atoms with Crippen LogP contribution in [0.1, 0.15) is 29.9 Å². The molecule has 0 saturated heterocycles. The van der Waals surface area contributed by atoms with Crippen LogP contribution in [0.25, 0.3) is 0 Å². The number of anilines is 2. The second-order valence-electron chi connectivity index (χ2n) is 5.38. The normalized spacial score (nSPS) is 10.5. The minimum absolute atomic E-state index is 0.242.